The summed E-state index contributed by atoms with van der Waals surface area (Å²) < 4.78 is 25.9. The number of hydrogen-bond acceptors (Lipinski definition) is 4. The van der Waals surface area contributed by atoms with E-state index in [0.717, 1.165) is 23.6 Å². The van der Waals surface area contributed by atoms with Crippen LogP contribution < -0.4 is 0 Å². The first-order valence-electron chi connectivity index (χ1n) is 6.27. The number of H-pyrrole nitrogens is 1. The number of carboxylic acid groups (broad SMARTS) is 1. The van der Waals surface area contributed by atoms with Crippen LogP contribution in [-0.4, -0.2) is 46.6 Å². The van der Waals surface area contributed by atoms with Gasteiger partial charge in [0, 0.05) is 6.54 Å². The van der Waals surface area contributed by atoms with Crippen LogP contribution in [0.15, 0.2) is 17.3 Å². The van der Waals surface area contributed by atoms with E-state index in [9.17, 15) is 18.3 Å². The lowest BCUT2D eigenvalue weighted by atomic mass is 10.0. The summed E-state index contributed by atoms with van der Waals surface area (Å²) in [4.78, 5) is 11.3. The largest absolute Gasteiger partial charge is 0.480 e. The second kappa shape index (κ2) is 5.70. The number of sulfonamides is 1. The first-order chi connectivity index (χ1) is 9.03. The van der Waals surface area contributed by atoms with E-state index in [2.05, 4.69) is 10.2 Å². The van der Waals surface area contributed by atoms with E-state index in [1.807, 2.05) is 0 Å². The number of nitrogens with one attached hydrogen (secondary N) is 1. The molecular formula is C11H17N3O4S. The van der Waals surface area contributed by atoms with Gasteiger partial charge in [-0.15, -0.1) is 0 Å². The first kappa shape index (κ1) is 14.0. The second-order valence-electron chi connectivity index (χ2n) is 4.59. The van der Waals surface area contributed by atoms with Crippen LogP contribution in [0, 0.1) is 0 Å². The van der Waals surface area contributed by atoms with Gasteiger partial charge in [0.15, 0.2) is 5.03 Å². The average Bonchev–Trinajstić information content (AvgIpc) is 2.81. The summed E-state index contributed by atoms with van der Waals surface area (Å²) in [7, 11) is -3.82. The van der Waals surface area contributed by atoms with Gasteiger partial charge in [-0.3, -0.25) is 9.89 Å². The predicted molar refractivity (Wildman–Crippen MR) is 67.0 cm³/mol. The van der Waals surface area contributed by atoms with E-state index in [1.165, 1.54) is 12.3 Å². The minimum atomic E-state index is -3.82. The van der Waals surface area contributed by atoms with Crippen molar-refractivity contribution in [3.05, 3.63) is 12.3 Å². The maximum absolute atomic E-state index is 12.4. The highest BCUT2D eigenvalue weighted by atomic mass is 32.2. The molecule has 1 unspecified atom stereocenters. The van der Waals surface area contributed by atoms with Crippen LogP contribution in [0.25, 0.3) is 0 Å². The Morgan fingerprint density at radius 2 is 2.11 bits per heavy atom. The molecule has 0 saturated carbocycles. The number of rotatable bonds is 3. The molecule has 1 atom stereocenters. The molecule has 0 radical (unpaired) electrons. The molecule has 2 heterocycles. The summed E-state index contributed by atoms with van der Waals surface area (Å²) in [6, 6.07) is 0.348. The fourth-order valence-electron chi connectivity index (χ4n) is 2.31. The number of aromatic nitrogens is 2. The maximum Gasteiger partial charge on any atom is 0.322 e. The third-order valence-electron chi connectivity index (χ3n) is 3.30. The quantitative estimate of drug-likeness (QED) is 0.856. The van der Waals surface area contributed by atoms with Gasteiger partial charge in [-0.25, -0.2) is 8.42 Å². The van der Waals surface area contributed by atoms with Crippen molar-refractivity contribution in [2.45, 2.75) is 43.2 Å². The van der Waals surface area contributed by atoms with E-state index in [0.29, 0.717) is 12.8 Å². The molecule has 7 nitrogen and oxygen atoms in total. The molecule has 0 amide bonds. The Bertz CT molecular complexity index is 526. The van der Waals surface area contributed by atoms with E-state index < -0.39 is 22.0 Å². The lowest BCUT2D eigenvalue weighted by Crippen LogP contribution is -2.46. The zero-order valence-electron chi connectivity index (χ0n) is 10.4. The number of carbonyl (C=O) groups is 1. The van der Waals surface area contributed by atoms with E-state index in [1.54, 1.807) is 0 Å². The summed E-state index contributed by atoms with van der Waals surface area (Å²) >= 11 is 0. The van der Waals surface area contributed by atoms with Crippen molar-refractivity contribution in [3.63, 3.8) is 0 Å². The smallest absolute Gasteiger partial charge is 0.322 e. The van der Waals surface area contributed by atoms with Crippen molar-refractivity contribution in [2.75, 3.05) is 6.54 Å². The molecule has 1 aliphatic heterocycles. The zero-order chi connectivity index (χ0) is 13.9. The van der Waals surface area contributed by atoms with Gasteiger partial charge in [0.05, 0.1) is 6.20 Å². The Labute approximate surface area is 111 Å². The van der Waals surface area contributed by atoms with E-state index in [-0.39, 0.29) is 11.6 Å². The van der Waals surface area contributed by atoms with Gasteiger partial charge in [0.25, 0.3) is 10.0 Å². The second-order valence-corrected chi connectivity index (χ2v) is 6.45. The summed E-state index contributed by atoms with van der Waals surface area (Å²) in [5, 5.41) is 15.2. The Kier molecular flexibility index (Phi) is 4.20. The molecule has 8 heteroatoms. The number of aromatic amines is 1. The number of carboxylic acids is 1. The standard InChI is InChI=1S/C11H17N3O4S/c15-11(16)9-5-3-1-2-4-8-14(9)19(17,18)10-6-7-12-13-10/h6-7,9H,1-5,8H2,(H,12,13)(H,15,16). The molecule has 0 spiro atoms. The molecule has 1 fully saturated rings. The predicted octanol–water partition coefficient (Wildman–Crippen LogP) is 0.818. The molecule has 1 aromatic heterocycles. The van der Waals surface area contributed by atoms with Crippen LogP contribution in [-0.2, 0) is 14.8 Å². The van der Waals surface area contributed by atoms with E-state index >= 15 is 0 Å². The number of aliphatic carboxylic acids is 1. The van der Waals surface area contributed by atoms with Crippen molar-refractivity contribution in [3.8, 4) is 0 Å². The van der Waals surface area contributed by atoms with Gasteiger partial charge < -0.3 is 5.11 Å². The Balaban J connectivity index is 2.34. The molecule has 0 bridgehead atoms. The van der Waals surface area contributed by atoms with Gasteiger partial charge in [-0.2, -0.15) is 9.40 Å². The minimum absolute atomic E-state index is 0.0562. The minimum Gasteiger partial charge on any atom is -0.480 e. The van der Waals surface area contributed by atoms with Crippen LogP contribution >= 0.6 is 0 Å². The highest BCUT2D eigenvalue weighted by Crippen LogP contribution is 2.23. The maximum atomic E-state index is 12.4. The van der Waals surface area contributed by atoms with Gasteiger partial charge in [-0.05, 0) is 18.9 Å². The van der Waals surface area contributed by atoms with E-state index in [4.69, 9.17) is 0 Å². The summed E-state index contributed by atoms with van der Waals surface area (Å²) in [5.41, 5.74) is 0. The molecule has 0 aromatic carbocycles. The summed E-state index contributed by atoms with van der Waals surface area (Å²) in [6.45, 7) is 0.234. The van der Waals surface area contributed by atoms with Gasteiger partial charge in [0.2, 0.25) is 0 Å². The number of nitrogens with zero attached hydrogens (tertiary/aromatic N) is 2. The SMILES string of the molecule is O=C(O)C1CCCCCCN1S(=O)(=O)c1ccn[nH]1. The molecule has 2 N–H and O–H groups in total. The first-order valence-corrected chi connectivity index (χ1v) is 7.71. The normalized spacial score (nSPS) is 22.6. The lowest BCUT2D eigenvalue weighted by molar-refractivity contribution is -0.141. The average molecular weight is 287 g/mol. The van der Waals surface area contributed by atoms with Crippen LogP contribution in [0.5, 0.6) is 0 Å². The van der Waals surface area contributed by atoms with Gasteiger partial charge in [0.1, 0.15) is 6.04 Å². The monoisotopic (exact) mass is 287 g/mol. The zero-order valence-corrected chi connectivity index (χ0v) is 11.3. The highest BCUT2D eigenvalue weighted by Gasteiger charge is 2.36. The van der Waals surface area contributed by atoms with Crippen LogP contribution in [0.2, 0.25) is 0 Å². The molecule has 1 aromatic rings. The Hall–Kier alpha value is -1.41. The topological polar surface area (TPSA) is 103 Å². The molecule has 1 saturated heterocycles. The van der Waals surface area contributed by atoms with Crippen molar-refractivity contribution >= 4 is 16.0 Å². The number of hydrogen-bond donors (Lipinski definition) is 2. The van der Waals surface area contributed by atoms with Gasteiger partial charge >= 0.3 is 5.97 Å². The van der Waals surface area contributed by atoms with Crippen LogP contribution in [0.1, 0.15) is 32.1 Å². The van der Waals surface area contributed by atoms with Crippen molar-refractivity contribution in [1.29, 1.82) is 0 Å². The Morgan fingerprint density at radius 3 is 2.74 bits per heavy atom. The highest BCUT2D eigenvalue weighted by molar-refractivity contribution is 7.89. The van der Waals surface area contributed by atoms with Crippen molar-refractivity contribution in [2.24, 2.45) is 0 Å². The molecule has 0 aliphatic carbocycles. The van der Waals surface area contributed by atoms with Gasteiger partial charge in [-0.1, -0.05) is 19.3 Å². The van der Waals surface area contributed by atoms with Crippen LogP contribution in [0.4, 0.5) is 0 Å². The summed E-state index contributed by atoms with van der Waals surface area (Å²) in [5.74, 6) is -1.09. The Morgan fingerprint density at radius 1 is 1.37 bits per heavy atom. The fourth-order valence-corrected chi connectivity index (χ4v) is 3.86. The third-order valence-corrected chi connectivity index (χ3v) is 5.14. The van der Waals surface area contributed by atoms with Crippen molar-refractivity contribution < 1.29 is 18.3 Å². The fraction of sp³-hybridized carbons (Fsp3) is 0.636. The van der Waals surface area contributed by atoms with Crippen LogP contribution in [0.3, 0.4) is 0 Å². The molecule has 19 heavy (non-hydrogen) atoms. The molecular weight excluding hydrogens is 270 g/mol. The third kappa shape index (κ3) is 2.95. The summed E-state index contributed by atoms with van der Waals surface area (Å²) in [6.07, 6.45) is 4.96. The lowest BCUT2D eigenvalue weighted by Gasteiger charge is -2.29. The molecule has 106 valence electrons. The molecule has 2 rings (SSSR count). The van der Waals surface area contributed by atoms with Crippen molar-refractivity contribution in [1.82, 2.24) is 14.5 Å². The molecule has 1 aliphatic rings.